The van der Waals surface area contributed by atoms with Crippen molar-refractivity contribution in [2.45, 2.75) is 13.5 Å². The molecule has 0 bridgehead atoms. The van der Waals surface area contributed by atoms with Crippen LogP contribution in [0.4, 0.5) is 0 Å². The van der Waals surface area contributed by atoms with E-state index < -0.39 is 5.91 Å². The van der Waals surface area contributed by atoms with Gasteiger partial charge in [-0.25, -0.2) is 4.98 Å². The zero-order valence-corrected chi connectivity index (χ0v) is 7.87. The molecule has 3 N–H and O–H groups in total. The Labute approximate surface area is 76.9 Å². The summed E-state index contributed by atoms with van der Waals surface area (Å²) in [6.45, 7) is 3.76. The van der Waals surface area contributed by atoms with Gasteiger partial charge in [0.05, 0.1) is 6.20 Å². The van der Waals surface area contributed by atoms with Crippen LogP contribution in [0.5, 0.6) is 0 Å². The predicted molar refractivity (Wildman–Crippen MR) is 49.1 cm³/mol. The second-order valence-electron chi connectivity index (χ2n) is 2.95. The zero-order chi connectivity index (χ0) is 9.84. The molecule has 0 aliphatic rings. The molecular weight excluding hydrogens is 168 g/mol. The molecule has 1 aromatic heterocycles. The van der Waals surface area contributed by atoms with E-state index in [4.69, 9.17) is 5.73 Å². The molecule has 0 aliphatic heterocycles. The lowest BCUT2D eigenvalue weighted by Crippen LogP contribution is -2.17. The van der Waals surface area contributed by atoms with E-state index in [1.165, 1.54) is 0 Å². The van der Waals surface area contributed by atoms with Gasteiger partial charge >= 0.3 is 0 Å². The molecule has 5 nitrogen and oxygen atoms in total. The second kappa shape index (κ2) is 4.04. The number of primary amides is 1. The number of carbonyl (C=O) groups excluding carboxylic acids is 1. The van der Waals surface area contributed by atoms with Crippen LogP contribution in [0, 0.1) is 0 Å². The molecule has 0 aromatic carbocycles. The first kappa shape index (κ1) is 9.73. The molecule has 0 fully saturated rings. The van der Waals surface area contributed by atoms with Crippen molar-refractivity contribution in [2.24, 2.45) is 5.73 Å². The number of hydrogen-bond acceptors (Lipinski definition) is 3. The van der Waals surface area contributed by atoms with E-state index in [2.05, 4.69) is 21.8 Å². The number of aromatic amines is 1. The average Bonchev–Trinajstić information content (AvgIpc) is 2.52. The van der Waals surface area contributed by atoms with Gasteiger partial charge in [-0.2, -0.15) is 0 Å². The van der Waals surface area contributed by atoms with E-state index in [9.17, 15) is 4.79 Å². The van der Waals surface area contributed by atoms with E-state index >= 15 is 0 Å². The summed E-state index contributed by atoms with van der Waals surface area (Å²) in [5.41, 5.74) is 5.95. The van der Waals surface area contributed by atoms with Gasteiger partial charge in [-0.05, 0) is 13.6 Å². The molecule has 72 valence electrons. The first-order chi connectivity index (χ1) is 6.13. The fraction of sp³-hybridized carbons (Fsp3) is 0.500. The number of carbonyl (C=O) groups is 1. The number of nitrogens with zero attached hydrogens (tertiary/aromatic N) is 2. The second-order valence-corrected chi connectivity index (χ2v) is 2.95. The molecule has 0 saturated carbocycles. The van der Waals surface area contributed by atoms with Crippen LogP contribution in [0.15, 0.2) is 6.20 Å². The molecule has 0 unspecified atom stereocenters. The van der Waals surface area contributed by atoms with E-state index in [1.54, 1.807) is 6.20 Å². The number of nitrogens with one attached hydrogen (secondary N) is 1. The largest absolute Gasteiger partial charge is 0.363 e. The maximum atomic E-state index is 10.7. The minimum Gasteiger partial charge on any atom is -0.363 e. The molecule has 1 heterocycles. The molecule has 1 aromatic rings. The Morgan fingerprint density at radius 2 is 2.46 bits per heavy atom. The van der Waals surface area contributed by atoms with Crippen molar-refractivity contribution in [3.63, 3.8) is 0 Å². The van der Waals surface area contributed by atoms with Crippen molar-refractivity contribution >= 4 is 5.91 Å². The van der Waals surface area contributed by atoms with Crippen molar-refractivity contribution in [1.29, 1.82) is 0 Å². The minimum absolute atomic E-state index is 0.222. The third-order valence-corrected chi connectivity index (χ3v) is 1.84. The minimum atomic E-state index is -0.523. The number of imidazole rings is 1. The molecule has 0 radical (unpaired) electrons. The summed E-state index contributed by atoms with van der Waals surface area (Å²) in [6.07, 6.45) is 1.63. The molecule has 1 rings (SSSR count). The zero-order valence-electron chi connectivity index (χ0n) is 7.87. The Hall–Kier alpha value is -1.36. The number of rotatable bonds is 4. The topological polar surface area (TPSA) is 75.0 Å². The van der Waals surface area contributed by atoms with Gasteiger partial charge in [0.2, 0.25) is 0 Å². The SMILES string of the molecule is CCN(C)Cc1cnc(C(N)=O)[nH]1. The highest BCUT2D eigenvalue weighted by atomic mass is 16.1. The Balaban J connectivity index is 2.64. The van der Waals surface area contributed by atoms with Gasteiger partial charge in [-0.1, -0.05) is 6.92 Å². The van der Waals surface area contributed by atoms with Gasteiger partial charge in [0.25, 0.3) is 5.91 Å². The van der Waals surface area contributed by atoms with E-state index in [1.807, 2.05) is 7.05 Å². The third kappa shape index (κ3) is 2.55. The molecule has 0 atom stereocenters. The molecule has 0 spiro atoms. The molecular formula is C8H14N4O. The highest BCUT2D eigenvalue weighted by Gasteiger charge is 2.06. The molecule has 1 amide bonds. The van der Waals surface area contributed by atoms with Crippen molar-refractivity contribution in [3.05, 3.63) is 17.7 Å². The summed E-state index contributed by atoms with van der Waals surface area (Å²) >= 11 is 0. The van der Waals surface area contributed by atoms with Crippen LogP contribution in [0.25, 0.3) is 0 Å². The highest BCUT2D eigenvalue weighted by molar-refractivity contribution is 5.88. The fourth-order valence-electron chi connectivity index (χ4n) is 0.967. The quantitative estimate of drug-likeness (QED) is 0.686. The number of nitrogens with two attached hydrogens (primary N) is 1. The summed E-state index contributed by atoms with van der Waals surface area (Å²) in [4.78, 5) is 19.5. The average molecular weight is 182 g/mol. The first-order valence-electron chi connectivity index (χ1n) is 4.15. The summed E-state index contributed by atoms with van der Waals surface area (Å²) in [5, 5.41) is 0. The summed E-state index contributed by atoms with van der Waals surface area (Å²) < 4.78 is 0. The molecule has 0 aliphatic carbocycles. The number of amides is 1. The van der Waals surface area contributed by atoms with Crippen molar-refractivity contribution in [2.75, 3.05) is 13.6 Å². The Kier molecular flexibility index (Phi) is 3.02. The molecule has 13 heavy (non-hydrogen) atoms. The van der Waals surface area contributed by atoms with Crippen LogP contribution < -0.4 is 5.73 Å². The normalized spacial score (nSPS) is 10.7. The monoisotopic (exact) mass is 182 g/mol. The Bertz CT molecular complexity index is 294. The van der Waals surface area contributed by atoms with Crippen molar-refractivity contribution < 1.29 is 4.79 Å². The lowest BCUT2D eigenvalue weighted by Gasteiger charge is -2.11. The molecule has 5 heteroatoms. The standard InChI is InChI=1S/C8H14N4O/c1-3-12(2)5-6-4-10-8(11-6)7(9)13/h4H,3,5H2,1-2H3,(H2,9,13)(H,10,11). The number of aromatic nitrogens is 2. The maximum Gasteiger partial charge on any atom is 0.284 e. The number of hydrogen-bond donors (Lipinski definition) is 2. The lowest BCUT2D eigenvalue weighted by molar-refractivity contribution is 0.0991. The van der Waals surface area contributed by atoms with E-state index in [-0.39, 0.29) is 5.82 Å². The maximum absolute atomic E-state index is 10.7. The highest BCUT2D eigenvalue weighted by Crippen LogP contribution is 1.99. The lowest BCUT2D eigenvalue weighted by atomic mass is 10.4. The van der Waals surface area contributed by atoms with E-state index in [0.717, 1.165) is 18.8 Å². The van der Waals surface area contributed by atoms with Crippen LogP contribution in [0.1, 0.15) is 23.2 Å². The number of H-pyrrole nitrogens is 1. The summed E-state index contributed by atoms with van der Waals surface area (Å²) in [7, 11) is 1.99. The third-order valence-electron chi connectivity index (χ3n) is 1.84. The fourth-order valence-corrected chi connectivity index (χ4v) is 0.967. The van der Waals surface area contributed by atoms with Crippen LogP contribution in [0.2, 0.25) is 0 Å². The van der Waals surface area contributed by atoms with Crippen LogP contribution in [-0.2, 0) is 6.54 Å². The Morgan fingerprint density at radius 3 is 2.92 bits per heavy atom. The van der Waals surface area contributed by atoms with Crippen LogP contribution in [-0.4, -0.2) is 34.4 Å². The van der Waals surface area contributed by atoms with Gasteiger partial charge in [-0.15, -0.1) is 0 Å². The van der Waals surface area contributed by atoms with Gasteiger partial charge in [0, 0.05) is 12.2 Å². The van der Waals surface area contributed by atoms with Crippen LogP contribution in [0.3, 0.4) is 0 Å². The van der Waals surface area contributed by atoms with Gasteiger partial charge in [0.1, 0.15) is 0 Å². The van der Waals surface area contributed by atoms with E-state index in [0.29, 0.717) is 0 Å². The smallest absolute Gasteiger partial charge is 0.284 e. The van der Waals surface area contributed by atoms with Gasteiger partial charge in [0.15, 0.2) is 5.82 Å². The van der Waals surface area contributed by atoms with Crippen molar-refractivity contribution in [3.8, 4) is 0 Å². The summed E-state index contributed by atoms with van der Waals surface area (Å²) in [5.74, 6) is -0.301. The van der Waals surface area contributed by atoms with Crippen molar-refractivity contribution in [1.82, 2.24) is 14.9 Å². The summed E-state index contributed by atoms with van der Waals surface area (Å²) in [6, 6.07) is 0. The van der Waals surface area contributed by atoms with Gasteiger partial charge < -0.3 is 15.6 Å². The van der Waals surface area contributed by atoms with Gasteiger partial charge in [-0.3, -0.25) is 4.79 Å². The molecule has 0 saturated heterocycles. The Morgan fingerprint density at radius 1 is 1.77 bits per heavy atom. The van der Waals surface area contributed by atoms with Crippen LogP contribution >= 0.6 is 0 Å². The first-order valence-corrected chi connectivity index (χ1v) is 4.15. The predicted octanol–water partition coefficient (Wildman–Crippen LogP) is -0.0397.